The van der Waals surface area contributed by atoms with E-state index in [2.05, 4.69) is 20.7 Å². The third-order valence-corrected chi connectivity index (χ3v) is 3.31. The summed E-state index contributed by atoms with van der Waals surface area (Å²) in [7, 11) is 1.49. The maximum absolute atomic E-state index is 13.8. The van der Waals surface area contributed by atoms with Crippen molar-refractivity contribution < 1.29 is 23.6 Å². The minimum Gasteiger partial charge on any atom is -0.463 e. The first-order valence-corrected chi connectivity index (χ1v) is 7.28. The van der Waals surface area contributed by atoms with Crippen LogP contribution in [0.5, 0.6) is 0 Å². The summed E-state index contributed by atoms with van der Waals surface area (Å²) in [6.45, 7) is 1.61. The van der Waals surface area contributed by atoms with Gasteiger partial charge in [-0.25, -0.2) is 4.79 Å². The number of hydrogen-bond acceptors (Lipinski definition) is 6. The lowest BCUT2D eigenvalue weighted by Crippen LogP contribution is -2.22. The Bertz CT molecular complexity index is 663. The number of Topliss-reactive ketones (excluding diaryl/α,β-unsaturated/α-hetero) is 1. The third-order valence-electron chi connectivity index (χ3n) is 2.70. The number of rotatable bonds is 7. The summed E-state index contributed by atoms with van der Waals surface area (Å²) in [6, 6.07) is 2.40. The second-order valence-electron chi connectivity index (χ2n) is 4.42. The molecule has 1 aromatic carbocycles. The van der Waals surface area contributed by atoms with Crippen molar-refractivity contribution in [1.29, 1.82) is 0 Å². The zero-order chi connectivity index (χ0) is 17.6. The fraction of sp³-hybridized carbons (Fsp3) is 0.286. The molecular weight excluding hydrogens is 375 g/mol. The normalized spacial score (nSPS) is 10.6. The predicted molar refractivity (Wildman–Crippen MR) is 83.5 cm³/mol. The summed E-state index contributed by atoms with van der Waals surface area (Å²) >= 11 is 2.84. The molecule has 9 heteroatoms. The summed E-state index contributed by atoms with van der Waals surface area (Å²) in [5.74, 6) is -2.34. The Kier molecular flexibility index (Phi) is 6.83. The van der Waals surface area contributed by atoms with Crippen molar-refractivity contribution in [1.82, 2.24) is 4.90 Å². The van der Waals surface area contributed by atoms with E-state index in [0.717, 1.165) is 6.08 Å². The summed E-state index contributed by atoms with van der Waals surface area (Å²) in [4.78, 5) is 34.7. The van der Waals surface area contributed by atoms with Gasteiger partial charge in [0, 0.05) is 19.3 Å². The van der Waals surface area contributed by atoms with Crippen molar-refractivity contribution in [2.45, 2.75) is 6.92 Å². The molecule has 0 unspecified atom stereocenters. The van der Waals surface area contributed by atoms with Gasteiger partial charge in [0.15, 0.2) is 5.78 Å². The number of benzene rings is 1. The van der Waals surface area contributed by atoms with Crippen LogP contribution in [0.25, 0.3) is 0 Å². The molecule has 1 rings (SSSR count). The Balaban J connectivity index is 2.93. The summed E-state index contributed by atoms with van der Waals surface area (Å²) in [5.41, 5.74) is -1.22. The van der Waals surface area contributed by atoms with Crippen LogP contribution in [0.2, 0.25) is 0 Å². The topological polar surface area (TPSA) is 89.8 Å². The largest absolute Gasteiger partial charge is 0.463 e. The highest BCUT2D eigenvalue weighted by molar-refractivity contribution is 9.10. The van der Waals surface area contributed by atoms with Gasteiger partial charge in [0.2, 0.25) is 5.82 Å². The number of nitro groups is 1. The molecule has 0 fully saturated rings. The summed E-state index contributed by atoms with van der Waals surface area (Å²) in [6.07, 6.45) is 2.42. The quantitative estimate of drug-likeness (QED) is 0.234. The van der Waals surface area contributed by atoms with E-state index in [-0.39, 0.29) is 23.2 Å². The highest BCUT2D eigenvalue weighted by atomic mass is 79.9. The first kappa shape index (κ1) is 18.8. The molecule has 0 aliphatic carbocycles. The van der Waals surface area contributed by atoms with Crippen LogP contribution < -0.4 is 0 Å². The molecular formula is C14H14BrFN2O5. The SMILES string of the molecule is CCOC(=O)/C=C/N(C)CC(=O)c1ccc(Br)c(F)c1[N+](=O)[O-]. The van der Waals surface area contributed by atoms with E-state index in [4.69, 9.17) is 0 Å². The number of nitro benzene ring substituents is 1. The molecule has 23 heavy (non-hydrogen) atoms. The Morgan fingerprint density at radius 3 is 2.70 bits per heavy atom. The van der Waals surface area contributed by atoms with Crippen LogP contribution in [0.15, 0.2) is 28.9 Å². The van der Waals surface area contributed by atoms with Gasteiger partial charge in [0.1, 0.15) is 5.56 Å². The first-order valence-electron chi connectivity index (χ1n) is 6.48. The van der Waals surface area contributed by atoms with Crippen LogP contribution in [0.4, 0.5) is 10.1 Å². The molecule has 7 nitrogen and oxygen atoms in total. The number of likely N-dealkylation sites (N-methyl/N-ethyl adjacent to an activating group) is 1. The zero-order valence-electron chi connectivity index (χ0n) is 12.4. The van der Waals surface area contributed by atoms with E-state index >= 15 is 0 Å². The van der Waals surface area contributed by atoms with E-state index in [9.17, 15) is 24.1 Å². The molecule has 0 aromatic heterocycles. The van der Waals surface area contributed by atoms with Crippen LogP contribution in [0.3, 0.4) is 0 Å². The molecule has 0 aliphatic rings. The molecule has 0 atom stereocenters. The van der Waals surface area contributed by atoms with Crippen molar-refractivity contribution in [3.63, 3.8) is 0 Å². The minimum atomic E-state index is -1.11. The van der Waals surface area contributed by atoms with Crippen molar-refractivity contribution in [3.8, 4) is 0 Å². The van der Waals surface area contributed by atoms with Crippen molar-refractivity contribution >= 4 is 33.4 Å². The number of carbonyl (C=O) groups is 2. The fourth-order valence-corrected chi connectivity index (χ4v) is 2.01. The Morgan fingerprint density at radius 1 is 1.48 bits per heavy atom. The molecule has 0 aliphatic heterocycles. The maximum atomic E-state index is 13.8. The van der Waals surface area contributed by atoms with E-state index in [1.54, 1.807) is 6.92 Å². The standard InChI is InChI=1S/C14H14BrFN2O5/c1-3-23-12(20)6-7-17(2)8-11(19)9-4-5-10(15)13(16)14(9)18(21)22/h4-7H,3,8H2,1-2H3/b7-6+. The lowest BCUT2D eigenvalue weighted by molar-refractivity contribution is -0.387. The molecule has 0 saturated carbocycles. The van der Waals surface area contributed by atoms with Gasteiger partial charge in [-0.1, -0.05) is 0 Å². The molecule has 0 amide bonds. The average Bonchev–Trinajstić information content (AvgIpc) is 2.47. The van der Waals surface area contributed by atoms with Crippen LogP contribution in [-0.2, 0) is 9.53 Å². The highest BCUT2D eigenvalue weighted by Gasteiger charge is 2.27. The average molecular weight is 389 g/mol. The second kappa shape index (κ2) is 8.37. The maximum Gasteiger partial charge on any atom is 0.332 e. The number of ketones is 1. The van der Waals surface area contributed by atoms with Gasteiger partial charge in [-0.2, -0.15) is 4.39 Å². The van der Waals surface area contributed by atoms with Gasteiger partial charge in [0.05, 0.1) is 22.5 Å². The molecule has 0 heterocycles. The Hall–Kier alpha value is -2.29. The first-order chi connectivity index (χ1) is 10.8. The number of ether oxygens (including phenoxy) is 1. The van der Waals surface area contributed by atoms with E-state index < -0.39 is 28.2 Å². The number of carbonyl (C=O) groups excluding carboxylic acids is 2. The zero-order valence-corrected chi connectivity index (χ0v) is 14.0. The van der Waals surface area contributed by atoms with E-state index in [1.165, 1.54) is 30.3 Å². The van der Waals surface area contributed by atoms with E-state index in [0.29, 0.717) is 0 Å². The lowest BCUT2D eigenvalue weighted by atomic mass is 10.1. The predicted octanol–water partition coefficient (Wildman–Crippen LogP) is 2.69. The molecule has 0 radical (unpaired) electrons. The molecule has 124 valence electrons. The van der Waals surface area contributed by atoms with Gasteiger partial charge < -0.3 is 9.64 Å². The molecule has 0 bridgehead atoms. The number of nitrogens with zero attached hydrogens (tertiary/aromatic N) is 2. The summed E-state index contributed by atoms with van der Waals surface area (Å²) in [5, 5.41) is 11.0. The van der Waals surface area contributed by atoms with Gasteiger partial charge in [-0.15, -0.1) is 0 Å². The van der Waals surface area contributed by atoms with Crippen LogP contribution in [0.1, 0.15) is 17.3 Å². The van der Waals surface area contributed by atoms with Crippen molar-refractivity contribution in [2.75, 3.05) is 20.2 Å². The number of hydrogen-bond donors (Lipinski definition) is 0. The van der Waals surface area contributed by atoms with Gasteiger partial charge in [-0.3, -0.25) is 14.9 Å². The Morgan fingerprint density at radius 2 is 2.13 bits per heavy atom. The van der Waals surface area contributed by atoms with Crippen molar-refractivity contribution in [3.05, 3.63) is 50.4 Å². The smallest absolute Gasteiger partial charge is 0.332 e. The van der Waals surface area contributed by atoms with Crippen LogP contribution in [0, 0.1) is 15.9 Å². The fourth-order valence-electron chi connectivity index (χ4n) is 1.69. The highest BCUT2D eigenvalue weighted by Crippen LogP contribution is 2.29. The third kappa shape index (κ3) is 5.13. The number of halogens is 2. The molecule has 0 saturated heterocycles. The lowest BCUT2D eigenvalue weighted by Gasteiger charge is -2.13. The minimum absolute atomic E-state index is 0.101. The summed E-state index contributed by atoms with van der Waals surface area (Å²) < 4.78 is 18.4. The monoisotopic (exact) mass is 388 g/mol. The Labute approximate surface area is 140 Å². The van der Waals surface area contributed by atoms with Crippen LogP contribution >= 0.6 is 15.9 Å². The second-order valence-corrected chi connectivity index (χ2v) is 5.28. The number of esters is 1. The molecule has 0 spiro atoms. The molecule has 0 N–H and O–H groups in total. The van der Waals surface area contributed by atoms with Gasteiger partial charge >= 0.3 is 11.7 Å². The van der Waals surface area contributed by atoms with Crippen molar-refractivity contribution in [2.24, 2.45) is 0 Å². The van der Waals surface area contributed by atoms with E-state index in [1.807, 2.05) is 0 Å². The van der Waals surface area contributed by atoms with Gasteiger partial charge in [0.25, 0.3) is 0 Å². The molecule has 1 aromatic rings. The van der Waals surface area contributed by atoms with Crippen LogP contribution in [-0.4, -0.2) is 41.8 Å². The van der Waals surface area contributed by atoms with Gasteiger partial charge in [-0.05, 0) is 35.0 Å².